The normalized spacial score (nSPS) is 22.9. The lowest BCUT2D eigenvalue weighted by Crippen LogP contribution is -2.20. The molecule has 118 valence electrons. The van der Waals surface area contributed by atoms with Crippen molar-refractivity contribution in [1.29, 1.82) is 0 Å². The van der Waals surface area contributed by atoms with Gasteiger partial charge in [-0.3, -0.25) is 4.79 Å². The van der Waals surface area contributed by atoms with Gasteiger partial charge in [0.1, 0.15) is 0 Å². The van der Waals surface area contributed by atoms with Gasteiger partial charge in [0.05, 0.1) is 5.25 Å². The van der Waals surface area contributed by atoms with E-state index in [1.54, 1.807) is 0 Å². The molecule has 0 spiro atoms. The summed E-state index contributed by atoms with van der Waals surface area (Å²) in [6.07, 6.45) is 11.9. The summed E-state index contributed by atoms with van der Waals surface area (Å²) in [6.45, 7) is 17.7. The van der Waals surface area contributed by atoms with Gasteiger partial charge in [0.15, 0.2) is 5.12 Å². The van der Waals surface area contributed by atoms with Crippen LogP contribution in [0.1, 0.15) is 34.6 Å². The van der Waals surface area contributed by atoms with Crippen LogP contribution < -0.4 is 0 Å². The minimum Gasteiger partial charge on any atom is -0.287 e. The highest BCUT2D eigenvalue weighted by molar-refractivity contribution is 8.14. The van der Waals surface area contributed by atoms with Crippen LogP contribution in [0.2, 0.25) is 0 Å². The highest BCUT2D eigenvalue weighted by Crippen LogP contribution is 2.45. The van der Waals surface area contributed by atoms with Crippen LogP contribution in [0.15, 0.2) is 71.9 Å². The van der Waals surface area contributed by atoms with E-state index in [9.17, 15) is 4.79 Å². The minimum absolute atomic E-state index is 0.00117. The molecule has 1 aliphatic carbocycles. The molecule has 1 rings (SSSR count). The number of hydrogen-bond donors (Lipinski definition) is 0. The van der Waals surface area contributed by atoms with Crippen LogP contribution in [0.3, 0.4) is 0 Å². The molecule has 0 aliphatic heterocycles. The SMILES string of the molecule is C=CC1=C(C=C)C(SC(=O)C(C)(C)C)C(=C/C)/C1=C\C=C/C. The zero-order valence-electron chi connectivity index (χ0n) is 14.3. The zero-order valence-corrected chi connectivity index (χ0v) is 15.1. The molecule has 0 fully saturated rings. The Bertz CT molecular complexity index is 592. The Morgan fingerprint density at radius 2 is 1.82 bits per heavy atom. The van der Waals surface area contributed by atoms with Crippen molar-refractivity contribution in [2.24, 2.45) is 5.41 Å². The summed E-state index contributed by atoms with van der Waals surface area (Å²) < 4.78 is 0. The summed E-state index contributed by atoms with van der Waals surface area (Å²) in [5.74, 6) is 0. The fraction of sp³-hybridized carbons (Fsp3) is 0.350. The number of hydrogen-bond acceptors (Lipinski definition) is 2. The topological polar surface area (TPSA) is 17.1 Å². The summed E-state index contributed by atoms with van der Waals surface area (Å²) >= 11 is 1.39. The molecule has 0 amide bonds. The molecule has 1 aliphatic rings. The molecule has 1 atom stereocenters. The average molecular weight is 314 g/mol. The Hall–Kier alpha value is -1.54. The first-order chi connectivity index (χ1) is 10.3. The van der Waals surface area contributed by atoms with Crippen LogP contribution in [0.25, 0.3) is 0 Å². The standard InChI is InChI=1S/C20H26OS/c1-8-12-13-17-14(9-2)15(10-3)18(16(17)11-4)22-19(21)20(5,6)7/h8-13,18H,2-3H2,1,4-7H3/b12-8-,16-11+,17-13-. The Kier molecular flexibility index (Phi) is 6.43. The molecule has 0 heterocycles. The monoisotopic (exact) mass is 314 g/mol. The van der Waals surface area contributed by atoms with Crippen molar-refractivity contribution < 1.29 is 4.79 Å². The van der Waals surface area contributed by atoms with Crippen molar-refractivity contribution in [2.75, 3.05) is 0 Å². The molecular formula is C20H26OS. The summed E-state index contributed by atoms with van der Waals surface area (Å²) in [5, 5.41) is 0.186. The molecule has 0 saturated carbocycles. The van der Waals surface area contributed by atoms with Crippen molar-refractivity contribution in [3.8, 4) is 0 Å². The third-order valence-corrected chi connectivity index (χ3v) is 5.07. The largest absolute Gasteiger partial charge is 0.287 e. The summed E-state index contributed by atoms with van der Waals surface area (Å²) in [6, 6.07) is 0. The van der Waals surface area contributed by atoms with Gasteiger partial charge in [0.25, 0.3) is 0 Å². The van der Waals surface area contributed by atoms with Crippen LogP contribution in [0, 0.1) is 5.41 Å². The van der Waals surface area contributed by atoms with Crippen LogP contribution in [-0.2, 0) is 4.79 Å². The summed E-state index contributed by atoms with van der Waals surface area (Å²) in [5.41, 5.74) is 4.07. The Morgan fingerprint density at radius 1 is 1.18 bits per heavy atom. The number of carbonyl (C=O) groups excluding carboxylic acids is 1. The Morgan fingerprint density at radius 3 is 2.23 bits per heavy atom. The van der Waals surface area contributed by atoms with Crippen molar-refractivity contribution in [2.45, 2.75) is 39.9 Å². The van der Waals surface area contributed by atoms with Gasteiger partial charge < -0.3 is 0 Å². The highest BCUT2D eigenvalue weighted by Gasteiger charge is 2.35. The van der Waals surface area contributed by atoms with E-state index in [0.29, 0.717) is 0 Å². The van der Waals surface area contributed by atoms with E-state index in [0.717, 1.165) is 22.3 Å². The number of rotatable bonds is 4. The molecule has 0 aromatic carbocycles. The third kappa shape index (κ3) is 3.80. The van der Waals surface area contributed by atoms with Crippen molar-refractivity contribution in [3.63, 3.8) is 0 Å². The van der Waals surface area contributed by atoms with Gasteiger partial charge in [0, 0.05) is 5.41 Å². The molecule has 22 heavy (non-hydrogen) atoms. The Balaban J connectivity index is 3.38. The number of carbonyl (C=O) groups is 1. The molecule has 0 N–H and O–H groups in total. The Labute approximate surface area is 139 Å². The van der Waals surface area contributed by atoms with E-state index < -0.39 is 0 Å². The van der Waals surface area contributed by atoms with Gasteiger partial charge in [-0.25, -0.2) is 0 Å². The average Bonchev–Trinajstić information content (AvgIpc) is 2.75. The molecule has 0 radical (unpaired) electrons. The first-order valence-corrected chi connectivity index (χ1v) is 8.39. The first-order valence-electron chi connectivity index (χ1n) is 7.51. The third-order valence-electron chi connectivity index (χ3n) is 3.50. The van der Waals surface area contributed by atoms with Crippen LogP contribution in [0.5, 0.6) is 0 Å². The molecule has 2 heteroatoms. The number of allylic oxidation sites excluding steroid dienone is 8. The molecule has 1 unspecified atom stereocenters. The maximum absolute atomic E-state index is 12.5. The van der Waals surface area contributed by atoms with Crippen molar-refractivity contribution in [1.82, 2.24) is 0 Å². The second-order valence-corrected chi connectivity index (χ2v) is 7.24. The fourth-order valence-corrected chi connectivity index (χ4v) is 3.61. The van der Waals surface area contributed by atoms with E-state index in [1.807, 2.05) is 58.9 Å². The van der Waals surface area contributed by atoms with E-state index in [2.05, 4.69) is 25.3 Å². The quantitative estimate of drug-likeness (QED) is 0.653. The van der Waals surface area contributed by atoms with E-state index in [1.165, 1.54) is 11.8 Å². The van der Waals surface area contributed by atoms with Gasteiger partial charge in [0.2, 0.25) is 0 Å². The van der Waals surface area contributed by atoms with Gasteiger partial charge in [-0.2, -0.15) is 0 Å². The van der Waals surface area contributed by atoms with Gasteiger partial charge in [-0.1, -0.05) is 82.1 Å². The van der Waals surface area contributed by atoms with E-state index in [4.69, 9.17) is 0 Å². The molecular weight excluding hydrogens is 288 g/mol. The van der Waals surface area contributed by atoms with Crippen molar-refractivity contribution in [3.05, 3.63) is 71.9 Å². The number of thioether (sulfide) groups is 1. The van der Waals surface area contributed by atoms with Gasteiger partial charge >= 0.3 is 0 Å². The van der Waals surface area contributed by atoms with E-state index in [-0.39, 0.29) is 15.8 Å². The maximum Gasteiger partial charge on any atom is 0.195 e. The van der Waals surface area contributed by atoms with Crippen molar-refractivity contribution >= 4 is 16.9 Å². The molecule has 0 bridgehead atoms. The van der Waals surface area contributed by atoms with Crippen LogP contribution >= 0.6 is 11.8 Å². The fourth-order valence-electron chi connectivity index (χ4n) is 2.30. The predicted molar refractivity (Wildman–Crippen MR) is 99.9 cm³/mol. The van der Waals surface area contributed by atoms with Gasteiger partial charge in [-0.15, -0.1) is 0 Å². The highest BCUT2D eigenvalue weighted by atomic mass is 32.2. The van der Waals surface area contributed by atoms with E-state index >= 15 is 0 Å². The smallest absolute Gasteiger partial charge is 0.195 e. The molecule has 0 saturated heterocycles. The second kappa shape index (κ2) is 7.64. The maximum atomic E-state index is 12.5. The predicted octanol–water partition coefficient (Wildman–Crippen LogP) is 5.79. The first kappa shape index (κ1) is 18.5. The summed E-state index contributed by atoms with van der Waals surface area (Å²) in [4.78, 5) is 12.5. The van der Waals surface area contributed by atoms with Crippen LogP contribution in [-0.4, -0.2) is 10.4 Å². The lowest BCUT2D eigenvalue weighted by Gasteiger charge is -2.20. The minimum atomic E-state index is -0.361. The second-order valence-electron chi connectivity index (χ2n) is 6.16. The van der Waals surface area contributed by atoms with Crippen LogP contribution in [0.4, 0.5) is 0 Å². The summed E-state index contributed by atoms with van der Waals surface area (Å²) in [7, 11) is 0. The lowest BCUT2D eigenvalue weighted by molar-refractivity contribution is -0.117. The van der Waals surface area contributed by atoms with Gasteiger partial charge in [-0.05, 0) is 36.1 Å². The molecule has 0 aromatic heterocycles. The lowest BCUT2D eigenvalue weighted by atomic mass is 9.99. The molecule has 0 aromatic rings. The zero-order chi connectivity index (χ0) is 16.9. The molecule has 1 nitrogen and oxygen atoms in total.